The van der Waals surface area contributed by atoms with Crippen molar-refractivity contribution in [3.8, 4) is 5.75 Å². The minimum absolute atomic E-state index is 0. The van der Waals surface area contributed by atoms with Crippen LogP contribution in [0.25, 0.3) is 0 Å². The van der Waals surface area contributed by atoms with Gasteiger partial charge in [0.2, 0.25) is 0 Å². The van der Waals surface area contributed by atoms with Crippen molar-refractivity contribution < 1.29 is 9.47 Å². The molecule has 26 heavy (non-hydrogen) atoms. The summed E-state index contributed by atoms with van der Waals surface area (Å²) in [4.78, 5) is 5.83. The van der Waals surface area contributed by atoms with Crippen LogP contribution < -0.4 is 10.1 Å². The molecule has 2 aromatic rings. The van der Waals surface area contributed by atoms with E-state index in [9.17, 15) is 0 Å². The molecule has 0 fully saturated rings. The number of hydrogen-bond donors (Lipinski definition) is 1. The van der Waals surface area contributed by atoms with Crippen LogP contribution in [0.4, 0.5) is 0 Å². The van der Waals surface area contributed by atoms with Gasteiger partial charge in [0, 0.05) is 45.5 Å². The van der Waals surface area contributed by atoms with Crippen molar-refractivity contribution in [2.75, 3.05) is 19.9 Å². The molecule has 0 unspecified atom stereocenters. The van der Waals surface area contributed by atoms with Crippen molar-refractivity contribution >= 4 is 41.6 Å². The lowest BCUT2D eigenvalue weighted by Crippen LogP contribution is -2.30. The average molecular weight is 411 g/mol. The third-order valence-electron chi connectivity index (χ3n) is 4.17. The highest BCUT2D eigenvalue weighted by molar-refractivity contribution is 7.98. The quantitative estimate of drug-likeness (QED) is 0.744. The molecule has 0 bridgehead atoms. The number of ether oxygens (including phenoxy) is 2. The molecule has 1 N–H and O–H groups in total. The van der Waals surface area contributed by atoms with E-state index in [0.29, 0.717) is 13.4 Å². The summed E-state index contributed by atoms with van der Waals surface area (Å²) in [6.45, 7) is 2.71. The maximum absolute atomic E-state index is 6.27. The molecule has 7 heteroatoms. The summed E-state index contributed by atoms with van der Waals surface area (Å²) < 4.78 is 11.1. The van der Waals surface area contributed by atoms with Crippen molar-refractivity contribution in [2.45, 2.75) is 23.7 Å². The zero-order valence-corrected chi connectivity index (χ0v) is 16.6. The Morgan fingerprint density at radius 3 is 2.96 bits per heavy atom. The van der Waals surface area contributed by atoms with E-state index in [2.05, 4.69) is 34.6 Å². The number of halogens is 2. The van der Waals surface area contributed by atoms with Crippen LogP contribution in [-0.2, 0) is 17.1 Å². The SMILES string of the molecule is Cl.Clc1cc2c(c(CSc3ccccc3C3=NCCCN3)c1)OCOC2. The largest absolute Gasteiger partial charge is 0.467 e. The summed E-state index contributed by atoms with van der Waals surface area (Å²) in [5.41, 5.74) is 3.28. The fourth-order valence-electron chi connectivity index (χ4n) is 3.02. The first-order valence-corrected chi connectivity index (χ1v) is 9.70. The van der Waals surface area contributed by atoms with E-state index in [4.69, 9.17) is 21.1 Å². The van der Waals surface area contributed by atoms with Crippen LogP contribution in [0, 0.1) is 0 Å². The topological polar surface area (TPSA) is 42.9 Å². The molecule has 0 saturated heterocycles. The summed E-state index contributed by atoms with van der Waals surface area (Å²) in [5, 5.41) is 4.12. The minimum atomic E-state index is 0. The van der Waals surface area contributed by atoms with E-state index in [1.165, 1.54) is 4.90 Å². The van der Waals surface area contributed by atoms with Crippen LogP contribution >= 0.6 is 35.8 Å². The molecule has 0 radical (unpaired) electrons. The molecule has 0 amide bonds. The van der Waals surface area contributed by atoms with Gasteiger partial charge in [0.05, 0.1) is 6.61 Å². The van der Waals surface area contributed by atoms with E-state index < -0.39 is 0 Å². The Kier molecular flexibility index (Phi) is 6.70. The Labute approximate surface area is 168 Å². The molecule has 0 atom stereocenters. The number of nitrogens with zero attached hydrogens (tertiary/aromatic N) is 1. The van der Waals surface area contributed by atoms with Crippen molar-refractivity contribution in [2.24, 2.45) is 4.99 Å². The van der Waals surface area contributed by atoms with Crippen molar-refractivity contribution in [1.29, 1.82) is 0 Å². The number of thioether (sulfide) groups is 1. The van der Waals surface area contributed by atoms with Gasteiger partial charge in [-0.15, -0.1) is 24.2 Å². The van der Waals surface area contributed by atoms with Gasteiger partial charge < -0.3 is 14.8 Å². The highest BCUT2D eigenvalue weighted by Crippen LogP contribution is 2.36. The highest BCUT2D eigenvalue weighted by atomic mass is 35.5. The van der Waals surface area contributed by atoms with Gasteiger partial charge >= 0.3 is 0 Å². The predicted octanol–water partition coefficient (Wildman–Crippen LogP) is 4.66. The lowest BCUT2D eigenvalue weighted by molar-refractivity contribution is -0.0168. The average Bonchev–Trinajstić information content (AvgIpc) is 2.67. The number of amidine groups is 1. The fourth-order valence-corrected chi connectivity index (χ4v) is 4.30. The Hall–Kier alpha value is -1.40. The molecule has 0 aliphatic carbocycles. The molecule has 2 aliphatic heterocycles. The summed E-state index contributed by atoms with van der Waals surface area (Å²) in [5.74, 6) is 2.69. The second-order valence-electron chi connectivity index (χ2n) is 5.96. The highest BCUT2D eigenvalue weighted by Gasteiger charge is 2.18. The first-order valence-electron chi connectivity index (χ1n) is 8.33. The molecule has 0 aromatic heterocycles. The molecule has 138 valence electrons. The maximum atomic E-state index is 6.27. The molecule has 2 heterocycles. The molecule has 4 nitrogen and oxygen atoms in total. The van der Waals surface area contributed by atoms with Crippen LogP contribution in [0.3, 0.4) is 0 Å². The number of rotatable bonds is 4. The Balaban J connectivity index is 0.00000196. The van der Waals surface area contributed by atoms with E-state index in [1.54, 1.807) is 11.8 Å². The van der Waals surface area contributed by atoms with E-state index in [-0.39, 0.29) is 12.4 Å². The Bertz CT molecular complexity index is 814. The molecule has 2 aliphatic rings. The molecule has 4 rings (SSSR count). The summed E-state index contributed by atoms with van der Waals surface area (Å²) in [6, 6.07) is 12.3. The number of hydrogen-bond acceptors (Lipinski definition) is 5. The minimum Gasteiger partial charge on any atom is -0.467 e. The van der Waals surface area contributed by atoms with Crippen molar-refractivity contribution in [1.82, 2.24) is 5.32 Å². The molecule has 2 aromatic carbocycles. The predicted molar refractivity (Wildman–Crippen MR) is 109 cm³/mol. The molecular formula is C19H20Cl2N2O2S. The van der Waals surface area contributed by atoms with Crippen LogP contribution in [0.1, 0.15) is 23.1 Å². The summed E-state index contributed by atoms with van der Waals surface area (Å²) in [7, 11) is 0. The monoisotopic (exact) mass is 410 g/mol. The third kappa shape index (κ3) is 4.29. The van der Waals surface area contributed by atoms with Crippen molar-refractivity contribution in [3.63, 3.8) is 0 Å². The van der Waals surface area contributed by atoms with Gasteiger partial charge in [-0.05, 0) is 24.6 Å². The lowest BCUT2D eigenvalue weighted by Gasteiger charge is -2.21. The van der Waals surface area contributed by atoms with Gasteiger partial charge in [0.25, 0.3) is 0 Å². The number of benzene rings is 2. The van der Waals surface area contributed by atoms with Crippen LogP contribution in [-0.4, -0.2) is 25.7 Å². The first kappa shape index (κ1) is 19.4. The van der Waals surface area contributed by atoms with Gasteiger partial charge in [-0.2, -0.15) is 0 Å². The zero-order chi connectivity index (χ0) is 17.1. The zero-order valence-electron chi connectivity index (χ0n) is 14.2. The smallest absolute Gasteiger partial charge is 0.189 e. The van der Waals surface area contributed by atoms with Crippen molar-refractivity contribution in [3.05, 3.63) is 58.1 Å². The number of nitrogens with one attached hydrogen (secondary N) is 1. The first-order chi connectivity index (χ1) is 12.3. The molecular weight excluding hydrogens is 391 g/mol. The fraction of sp³-hybridized carbons (Fsp3) is 0.316. The van der Waals surface area contributed by atoms with E-state index in [1.807, 2.05) is 12.1 Å². The van der Waals surface area contributed by atoms with Gasteiger partial charge in [-0.25, -0.2) is 0 Å². The van der Waals surface area contributed by atoms with Gasteiger partial charge in [0.1, 0.15) is 11.6 Å². The van der Waals surface area contributed by atoms with Gasteiger partial charge in [0.15, 0.2) is 6.79 Å². The molecule has 0 spiro atoms. The van der Waals surface area contributed by atoms with Crippen LogP contribution in [0.5, 0.6) is 5.75 Å². The second kappa shape index (κ2) is 9.00. The Morgan fingerprint density at radius 2 is 2.12 bits per heavy atom. The van der Waals surface area contributed by atoms with Crippen LogP contribution in [0.2, 0.25) is 5.02 Å². The van der Waals surface area contributed by atoms with Crippen LogP contribution in [0.15, 0.2) is 46.3 Å². The van der Waals surface area contributed by atoms with Gasteiger partial charge in [-0.3, -0.25) is 4.99 Å². The number of fused-ring (bicyclic) bond motifs is 1. The molecule has 0 saturated carbocycles. The standard InChI is InChI=1S/C19H19ClN2O2S.ClH/c20-15-8-13-10-23-12-24-18(13)14(9-15)11-25-17-5-2-1-4-16(17)19-21-6-3-7-22-19;/h1-2,4-5,8-9H,3,6-7,10-12H2,(H,21,22);1H. The normalized spacial score (nSPS) is 15.8. The maximum Gasteiger partial charge on any atom is 0.189 e. The van der Waals surface area contributed by atoms with E-state index >= 15 is 0 Å². The summed E-state index contributed by atoms with van der Waals surface area (Å²) in [6.07, 6.45) is 1.09. The van der Waals surface area contributed by atoms with E-state index in [0.717, 1.165) is 58.6 Å². The van der Waals surface area contributed by atoms with Gasteiger partial charge in [-0.1, -0.05) is 29.8 Å². The third-order valence-corrected chi connectivity index (χ3v) is 5.51. The Morgan fingerprint density at radius 1 is 1.23 bits per heavy atom. The number of aliphatic imine (C=N–C) groups is 1. The lowest BCUT2D eigenvalue weighted by atomic mass is 10.1. The second-order valence-corrected chi connectivity index (χ2v) is 7.41. The summed E-state index contributed by atoms with van der Waals surface area (Å²) >= 11 is 8.04.